The van der Waals surface area contributed by atoms with Gasteiger partial charge in [-0.05, 0) is 23.8 Å². The molecule has 1 saturated heterocycles. The Kier molecular flexibility index (Phi) is 6.74. The first-order valence-electron chi connectivity index (χ1n) is 8.87. The second-order valence-corrected chi connectivity index (χ2v) is 5.92. The Morgan fingerprint density at radius 2 is 1.97 bits per heavy atom. The van der Waals surface area contributed by atoms with Gasteiger partial charge in [-0.1, -0.05) is 0 Å². The van der Waals surface area contributed by atoms with Gasteiger partial charge in [0.1, 0.15) is 0 Å². The number of hydrogen-bond acceptors (Lipinski definition) is 11. The van der Waals surface area contributed by atoms with E-state index in [1.165, 1.54) is 21.1 Å². The van der Waals surface area contributed by atoms with E-state index in [1.54, 1.807) is 24.4 Å². The molecule has 1 aliphatic heterocycles. The van der Waals surface area contributed by atoms with Crippen molar-refractivity contribution in [3.8, 4) is 17.5 Å². The third kappa shape index (κ3) is 5.51. The van der Waals surface area contributed by atoms with E-state index in [9.17, 15) is 4.79 Å². The number of anilines is 2. The van der Waals surface area contributed by atoms with Crippen molar-refractivity contribution in [2.75, 3.05) is 50.8 Å². The molecule has 0 radical (unpaired) electrons. The highest BCUT2D eigenvalue weighted by Gasteiger charge is 2.16. The van der Waals surface area contributed by atoms with Gasteiger partial charge in [0.15, 0.2) is 11.5 Å². The Morgan fingerprint density at radius 1 is 1.17 bits per heavy atom. The van der Waals surface area contributed by atoms with Crippen molar-refractivity contribution >= 4 is 24.1 Å². The van der Waals surface area contributed by atoms with Gasteiger partial charge in [0.25, 0.3) is 5.95 Å². The molecular formula is C18H22N6O5. The van der Waals surface area contributed by atoms with Crippen molar-refractivity contribution in [1.29, 1.82) is 0 Å². The minimum atomic E-state index is -0.425. The second kappa shape index (κ2) is 9.64. The molecule has 1 aromatic heterocycles. The maximum atomic E-state index is 11.1. The highest BCUT2D eigenvalue weighted by Crippen LogP contribution is 2.27. The van der Waals surface area contributed by atoms with Gasteiger partial charge in [-0.25, -0.2) is 5.43 Å². The molecule has 0 bridgehead atoms. The molecule has 0 spiro atoms. The monoisotopic (exact) mass is 402 g/mol. The summed E-state index contributed by atoms with van der Waals surface area (Å²) in [5.41, 5.74) is 3.50. The van der Waals surface area contributed by atoms with E-state index in [4.69, 9.17) is 18.9 Å². The molecule has 2 heterocycles. The number of benzene rings is 1. The van der Waals surface area contributed by atoms with Crippen molar-refractivity contribution in [1.82, 2.24) is 15.0 Å². The maximum Gasteiger partial charge on any atom is 0.322 e. The summed E-state index contributed by atoms with van der Waals surface area (Å²) in [5.74, 6) is 1.07. The Bertz CT molecular complexity index is 885. The summed E-state index contributed by atoms with van der Waals surface area (Å²) in [6.45, 7) is 3.92. The quantitative estimate of drug-likeness (QED) is 0.312. The summed E-state index contributed by atoms with van der Waals surface area (Å²) in [6, 6.07) is 5.24. The normalized spacial score (nSPS) is 14.0. The first-order valence-corrected chi connectivity index (χ1v) is 8.87. The SMILES string of the molecule is COc1nc(NN=Cc2ccc(OC(C)=O)c(OC)c2)nc(N2CCOCC2)n1. The van der Waals surface area contributed by atoms with Crippen molar-refractivity contribution in [3.63, 3.8) is 0 Å². The van der Waals surface area contributed by atoms with Crippen molar-refractivity contribution in [2.24, 2.45) is 5.10 Å². The predicted octanol–water partition coefficient (Wildman–Crippen LogP) is 1.10. The second-order valence-electron chi connectivity index (χ2n) is 5.92. The van der Waals surface area contributed by atoms with Crippen LogP contribution in [0.4, 0.5) is 11.9 Å². The zero-order valence-corrected chi connectivity index (χ0v) is 16.4. The Balaban J connectivity index is 1.73. The molecule has 1 aromatic carbocycles. The molecule has 1 N–H and O–H groups in total. The molecular weight excluding hydrogens is 380 g/mol. The number of ether oxygens (including phenoxy) is 4. The van der Waals surface area contributed by atoms with Crippen LogP contribution in [0.5, 0.6) is 17.5 Å². The molecule has 0 amide bonds. The number of carbonyl (C=O) groups is 1. The van der Waals surface area contributed by atoms with Crippen LogP contribution >= 0.6 is 0 Å². The van der Waals surface area contributed by atoms with Gasteiger partial charge >= 0.3 is 12.0 Å². The van der Waals surface area contributed by atoms with Crippen LogP contribution in [0.1, 0.15) is 12.5 Å². The average Bonchev–Trinajstić information content (AvgIpc) is 2.74. The first-order chi connectivity index (χ1) is 14.1. The van der Waals surface area contributed by atoms with Gasteiger partial charge in [-0.3, -0.25) is 4.79 Å². The van der Waals surface area contributed by atoms with Crippen LogP contribution in [0.25, 0.3) is 0 Å². The van der Waals surface area contributed by atoms with Gasteiger partial charge < -0.3 is 23.8 Å². The third-order valence-corrected chi connectivity index (χ3v) is 3.90. The van der Waals surface area contributed by atoms with E-state index in [2.05, 4.69) is 25.5 Å². The van der Waals surface area contributed by atoms with Gasteiger partial charge in [-0.15, -0.1) is 0 Å². The van der Waals surface area contributed by atoms with Crippen LogP contribution in [-0.2, 0) is 9.53 Å². The molecule has 0 unspecified atom stereocenters. The molecule has 11 nitrogen and oxygen atoms in total. The van der Waals surface area contributed by atoms with Crippen LogP contribution in [0.3, 0.4) is 0 Å². The highest BCUT2D eigenvalue weighted by atomic mass is 16.6. The van der Waals surface area contributed by atoms with Crippen molar-refractivity contribution < 1.29 is 23.7 Å². The lowest BCUT2D eigenvalue weighted by Crippen LogP contribution is -2.37. The number of methoxy groups -OCH3 is 2. The lowest BCUT2D eigenvalue weighted by atomic mass is 10.2. The molecule has 0 saturated carbocycles. The number of nitrogens with zero attached hydrogens (tertiary/aromatic N) is 5. The van der Waals surface area contributed by atoms with E-state index >= 15 is 0 Å². The number of carbonyl (C=O) groups excluding carboxylic acids is 1. The topological polar surface area (TPSA) is 120 Å². The lowest BCUT2D eigenvalue weighted by Gasteiger charge is -2.26. The highest BCUT2D eigenvalue weighted by molar-refractivity contribution is 5.82. The number of nitrogens with one attached hydrogen (secondary N) is 1. The van der Waals surface area contributed by atoms with Crippen molar-refractivity contribution in [3.05, 3.63) is 23.8 Å². The number of hydrazone groups is 1. The fourth-order valence-corrected chi connectivity index (χ4v) is 2.56. The fraction of sp³-hybridized carbons (Fsp3) is 0.389. The molecule has 154 valence electrons. The van der Waals surface area contributed by atoms with Crippen LogP contribution in [-0.4, -0.2) is 67.7 Å². The number of esters is 1. The summed E-state index contributed by atoms with van der Waals surface area (Å²) in [5, 5.41) is 4.15. The first kappa shape index (κ1) is 20.3. The van der Waals surface area contributed by atoms with E-state index in [0.717, 1.165) is 5.56 Å². The van der Waals surface area contributed by atoms with Gasteiger partial charge in [0.05, 0.1) is 33.6 Å². The molecule has 29 heavy (non-hydrogen) atoms. The Labute approximate surface area is 167 Å². The number of morpholine rings is 1. The summed E-state index contributed by atoms with van der Waals surface area (Å²) in [4.78, 5) is 25.9. The van der Waals surface area contributed by atoms with Crippen molar-refractivity contribution in [2.45, 2.75) is 6.92 Å². The minimum Gasteiger partial charge on any atom is -0.493 e. The standard InChI is InChI=1S/C18H22N6O5/c1-12(25)29-14-5-4-13(10-15(14)26-2)11-19-23-16-20-17(22-18(21-16)27-3)24-6-8-28-9-7-24/h4-5,10-11H,6-9H2,1-3H3,(H,20,21,22,23). The fourth-order valence-electron chi connectivity index (χ4n) is 2.56. The molecule has 1 aliphatic rings. The zero-order chi connectivity index (χ0) is 20.6. The third-order valence-electron chi connectivity index (χ3n) is 3.90. The molecule has 0 atom stereocenters. The summed E-state index contributed by atoms with van der Waals surface area (Å²) in [7, 11) is 2.98. The lowest BCUT2D eigenvalue weighted by molar-refractivity contribution is -0.132. The predicted molar refractivity (Wildman–Crippen MR) is 105 cm³/mol. The molecule has 11 heteroatoms. The Morgan fingerprint density at radius 3 is 2.66 bits per heavy atom. The maximum absolute atomic E-state index is 11.1. The summed E-state index contributed by atoms with van der Waals surface area (Å²) in [6.07, 6.45) is 1.56. The van der Waals surface area contributed by atoms with Gasteiger partial charge in [0.2, 0.25) is 5.95 Å². The zero-order valence-electron chi connectivity index (χ0n) is 16.4. The van der Waals surface area contributed by atoms with Crippen LogP contribution in [0.15, 0.2) is 23.3 Å². The van der Waals surface area contributed by atoms with E-state index in [-0.39, 0.29) is 12.0 Å². The van der Waals surface area contributed by atoms with Gasteiger partial charge in [-0.2, -0.15) is 20.1 Å². The Hall–Kier alpha value is -3.47. The average molecular weight is 402 g/mol. The number of hydrogen-bond donors (Lipinski definition) is 1. The number of aromatic nitrogens is 3. The molecule has 1 fully saturated rings. The molecule has 2 aromatic rings. The van der Waals surface area contributed by atoms with Crippen LogP contribution in [0, 0.1) is 0 Å². The minimum absolute atomic E-state index is 0.187. The molecule has 3 rings (SSSR count). The summed E-state index contributed by atoms with van der Waals surface area (Å²) >= 11 is 0. The largest absolute Gasteiger partial charge is 0.493 e. The van der Waals surface area contributed by atoms with Crippen LogP contribution in [0.2, 0.25) is 0 Å². The molecule has 0 aliphatic carbocycles. The smallest absolute Gasteiger partial charge is 0.322 e. The number of rotatable bonds is 7. The van der Waals surface area contributed by atoms with E-state index in [1.807, 2.05) is 4.90 Å². The summed E-state index contributed by atoms with van der Waals surface area (Å²) < 4.78 is 20.8. The van der Waals surface area contributed by atoms with Gasteiger partial charge in [0, 0.05) is 20.0 Å². The van der Waals surface area contributed by atoms with E-state index in [0.29, 0.717) is 43.8 Å². The van der Waals surface area contributed by atoms with Crippen LogP contribution < -0.4 is 24.5 Å². The van der Waals surface area contributed by atoms with E-state index < -0.39 is 5.97 Å².